The van der Waals surface area contributed by atoms with E-state index < -0.39 is 23.2 Å². The first kappa shape index (κ1) is 13.1. The van der Waals surface area contributed by atoms with Crippen LogP contribution in [-0.2, 0) is 13.2 Å². The second-order valence-corrected chi connectivity index (χ2v) is 3.86. The zero-order chi connectivity index (χ0) is 14.0. The Morgan fingerprint density at radius 1 is 1.32 bits per heavy atom. The molecule has 0 aliphatic heterocycles. The molecular formula is C12H10F3N3O. The summed E-state index contributed by atoms with van der Waals surface area (Å²) in [4.78, 5) is 15.7. The van der Waals surface area contributed by atoms with E-state index in [-0.39, 0.29) is 5.95 Å². The fourth-order valence-corrected chi connectivity index (χ4v) is 1.58. The van der Waals surface area contributed by atoms with Gasteiger partial charge in [0.2, 0.25) is 5.95 Å². The molecule has 0 aliphatic carbocycles. The SMILES string of the molecule is Cn1ccnc1NC(=O)c1ccccc1C(F)(F)F. The van der Waals surface area contributed by atoms with Crippen LogP contribution in [0.2, 0.25) is 0 Å². The van der Waals surface area contributed by atoms with E-state index in [0.717, 1.165) is 12.1 Å². The summed E-state index contributed by atoms with van der Waals surface area (Å²) in [5.41, 5.74) is -1.40. The molecule has 1 aromatic carbocycles. The van der Waals surface area contributed by atoms with Gasteiger partial charge in [-0.05, 0) is 12.1 Å². The van der Waals surface area contributed by atoms with Gasteiger partial charge in [-0.2, -0.15) is 13.2 Å². The highest BCUT2D eigenvalue weighted by Gasteiger charge is 2.34. The number of carbonyl (C=O) groups excluding carboxylic acids is 1. The van der Waals surface area contributed by atoms with Crippen LogP contribution in [0.3, 0.4) is 0 Å². The highest BCUT2D eigenvalue weighted by Crippen LogP contribution is 2.32. The minimum atomic E-state index is -4.57. The summed E-state index contributed by atoms with van der Waals surface area (Å²) in [7, 11) is 1.62. The minimum absolute atomic E-state index is 0.182. The molecule has 0 spiro atoms. The zero-order valence-corrected chi connectivity index (χ0v) is 9.90. The standard InChI is InChI=1S/C12H10F3N3O/c1-18-7-6-16-11(18)17-10(19)8-4-2-3-5-9(8)12(13,14)15/h2-7H,1H3,(H,16,17,19). The molecule has 0 saturated heterocycles. The molecule has 0 atom stereocenters. The third-order valence-electron chi connectivity index (χ3n) is 2.52. The molecule has 1 heterocycles. The molecule has 0 bridgehead atoms. The van der Waals surface area contributed by atoms with Crippen LogP contribution in [0.25, 0.3) is 0 Å². The van der Waals surface area contributed by atoms with Crippen molar-refractivity contribution in [2.75, 3.05) is 5.32 Å². The van der Waals surface area contributed by atoms with E-state index in [9.17, 15) is 18.0 Å². The largest absolute Gasteiger partial charge is 0.417 e. The molecular weight excluding hydrogens is 259 g/mol. The Labute approximate surface area is 106 Å². The van der Waals surface area contributed by atoms with Crippen LogP contribution in [-0.4, -0.2) is 15.5 Å². The normalized spacial score (nSPS) is 11.4. The van der Waals surface area contributed by atoms with Crippen LogP contribution in [0.1, 0.15) is 15.9 Å². The van der Waals surface area contributed by atoms with Crippen molar-refractivity contribution in [1.29, 1.82) is 0 Å². The van der Waals surface area contributed by atoms with Gasteiger partial charge in [-0.3, -0.25) is 10.1 Å². The topological polar surface area (TPSA) is 46.9 Å². The van der Waals surface area contributed by atoms with Gasteiger partial charge < -0.3 is 4.57 Å². The molecule has 19 heavy (non-hydrogen) atoms. The fourth-order valence-electron chi connectivity index (χ4n) is 1.58. The predicted octanol–water partition coefficient (Wildman–Crippen LogP) is 2.69. The maximum Gasteiger partial charge on any atom is 0.417 e. The van der Waals surface area contributed by atoms with E-state index in [0.29, 0.717) is 0 Å². The predicted molar refractivity (Wildman–Crippen MR) is 62.6 cm³/mol. The van der Waals surface area contributed by atoms with Crippen LogP contribution in [0.15, 0.2) is 36.7 Å². The van der Waals surface area contributed by atoms with Gasteiger partial charge in [0.25, 0.3) is 5.91 Å². The lowest BCUT2D eigenvalue weighted by Gasteiger charge is -2.12. The van der Waals surface area contributed by atoms with Crippen molar-refractivity contribution in [2.45, 2.75) is 6.18 Å². The van der Waals surface area contributed by atoms with E-state index in [4.69, 9.17) is 0 Å². The number of rotatable bonds is 2. The summed E-state index contributed by atoms with van der Waals surface area (Å²) in [6.07, 6.45) is -1.56. The third-order valence-corrected chi connectivity index (χ3v) is 2.52. The number of anilines is 1. The first-order chi connectivity index (χ1) is 8.89. The number of alkyl halides is 3. The van der Waals surface area contributed by atoms with Crippen LogP contribution in [0.5, 0.6) is 0 Å². The first-order valence-corrected chi connectivity index (χ1v) is 5.34. The summed E-state index contributed by atoms with van der Waals surface area (Å²) in [5.74, 6) is -0.663. The van der Waals surface area contributed by atoms with Crippen LogP contribution in [0, 0.1) is 0 Å². The molecule has 2 rings (SSSR count). The number of imidazole rings is 1. The van der Waals surface area contributed by atoms with Crippen molar-refractivity contribution in [1.82, 2.24) is 9.55 Å². The molecule has 0 unspecified atom stereocenters. The summed E-state index contributed by atoms with van der Waals surface area (Å²) in [6, 6.07) is 4.61. The smallest absolute Gasteiger partial charge is 0.320 e. The molecule has 1 aromatic heterocycles. The molecule has 1 N–H and O–H groups in total. The zero-order valence-electron chi connectivity index (χ0n) is 9.90. The maximum absolute atomic E-state index is 12.8. The van der Waals surface area contributed by atoms with Crippen molar-refractivity contribution in [2.24, 2.45) is 7.05 Å². The van der Waals surface area contributed by atoms with Crippen molar-refractivity contribution in [3.05, 3.63) is 47.8 Å². The quantitative estimate of drug-likeness (QED) is 0.911. The Balaban J connectivity index is 2.32. The lowest BCUT2D eigenvalue weighted by Crippen LogP contribution is -2.20. The van der Waals surface area contributed by atoms with Gasteiger partial charge in [-0.25, -0.2) is 4.98 Å². The summed E-state index contributed by atoms with van der Waals surface area (Å²) >= 11 is 0. The lowest BCUT2D eigenvalue weighted by molar-refractivity contribution is -0.137. The Morgan fingerprint density at radius 3 is 2.58 bits per heavy atom. The summed E-state index contributed by atoms with van der Waals surface area (Å²) in [5, 5.41) is 2.33. The molecule has 0 aliphatic rings. The molecule has 1 amide bonds. The number of carbonyl (C=O) groups is 1. The molecule has 0 saturated carbocycles. The van der Waals surface area contributed by atoms with Gasteiger partial charge in [0.05, 0.1) is 11.1 Å². The van der Waals surface area contributed by atoms with Gasteiger partial charge >= 0.3 is 6.18 Å². The number of aryl methyl sites for hydroxylation is 1. The number of amides is 1. The van der Waals surface area contributed by atoms with E-state index in [1.807, 2.05) is 0 Å². The van der Waals surface area contributed by atoms with E-state index >= 15 is 0 Å². The minimum Gasteiger partial charge on any atom is -0.320 e. The number of nitrogens with one attached hydrogen (secondary N) is 1. The third kappa shape index (κ3) is 2.75. The van der Waals surface area contributed by atoms with Gasteiger partial charge in [0, 0.05) is 19.4 Å². The monoisotopic (exact) mass is 269 g/mol. The van der Waals surface area contributed by atoms with Gasteiger partial charge in [-0.1, -0.05) is 12.1 Å². The molecule has 0 radical (unpaired) electrons. The average molecular weight is 269 g/mol. The number of aromatic nitrogens is 2. The van der Waals surface area contributed by atoms with Crippen molar-refractivity contribution < 1.29 is 18.0 Å². The number of hydrogen-bond donors (Lipinski definition) is 1. The van der Waals surface area contributed by atoms with Gasteiger partial charge in [0.15, 0.2) is 0 Å². The molecule has 100 valence electrons. The fraction of sp³-hybridized carbons (Fsp3) is 0.167. The van der Waals surface area contributed by atoms with Crippen molar-refractivity contribution in [3.8, 4) is 0 Å². The average Bonchev–Trinajstić information content (AvgIpc) is 2.74. The van der Waals surface area contributed by atoms with Crippen molar-refractivity contribution in [3.63, 3.8) is 0 Å². The Hall–Kier alpha value is -2.31. The summed E-state index contributed by atoms with van der Waals surface area (Å²) < 4.78 is 39.8. The molecule has 2 aromatic rings. The Morgan fingerprint density at radius 2 is 2.00 bits per heavy atom. The van der Waals surface area contributed by atoms with Crippen LogP contribution < -0.4 is 5.32 Å². The summed E-state index contributed by atoms with van der Waals surface area (Å²) in [6.45, 7) is 0. The van der Waals surface area contributed by atoms with E-state index in [1.165, 1.54) is 22.9 Å². The highest BCUT2D eigenvalue weighted by atomic mass is 19.4. The highest BCUT2D eigenvalue weighted by molar-refractivity contribution is 6.04. The lowest BCUT2D eigenvalue weighted by atomic mass is 10.1. The van der Waals surface area contributed by atoms with Crippen LogP contribution in [0.4, 0.5) is 19.1 Å². The van der Waals surface area contributed by atoms with Crippen molar-refractivity contribution >= 4 is 11.9 Å². The second-order valence-electron chi connectivity index (χ2n) is 3.86. The molecule has 7 heteroatoms. The van der Waals surface area contributed by atoms with E-state index in [2.05, 4.69) is 10.3 Å². The number of hydrogen-bond acceptors (Lipinski definition) is 2. The van der Waals surface area contributed by atoms with Crippen LogP contribution >= 0.6 is 0 Å². The molecule has 4 nitrogen and oxygen atoms in total. The number of benzene rings is 1. The second kappa shape index (κ2) is 4.75. The first-order valence-electron chi connectivity index (χ1n) is 5.34. The van der Waals surface area contributed by atoms with Gasteiger partial charge in [0.1, 0.15) is 0 Å². The van der Waals surface area contributed by atoms with Gasteiger partial charge in [-0.15, -0.1) is 0 Å². The Kier molecular flexibility index (Phi) is 3.28. The molecule has 0 fully saturated rings. The van der Waals surface area contributed by atoms with E-state index in [1.54, 1.807) is 13.2 Å². The Bertz CT molecular complexity index is 604. The number of nitrogens with zero attached hydrogens (tertiary/aromatic N) is 2. The maximum atomic E-state index is 12.8. The number of halogens is 3.